The van der Waals surface area contributed by atoms with Gasteiger partial charge < -0.3 is 10.1 Å². The van der Waals surface area contributed by atoms with Crippen molar-refractivity contribution in [2.75, 3.05) is 4.90 Å². The van der Waals surface area contributed by atoms with Gasteiger partial charge in [-0.05, 0) is 74.2 Å². The molecule has 0 radical (unpaired) electrons. The molecule has 2 heterocycles. The molecule has 2 aliphatic rings. The molecule has 3 aromatic carbocycles. The van der Waals surface area contributed by atoms with E-state index < -0.39 is 35.0 Å². The van der Waals surface area contributed by atoms with Crippen molar-refractivity contribution in [3.05, 3.63) is 99.0 Å². The Bertz CT molecular complexity index is 1460. The van der Waals surface area contributed by atoms with Gasteiger partial charge in [0.15, 0.2) is 0 Å². The molecule has 0 saturated carbocycles. The fourth-order valence-corrected chi connectivity index (χ4v) is 6.14. The average molecular weight is 551 g/mol. The topological polar surface area (TPSA) is 75.7 Å². The summed E-state index contributed by atoms with van der Waals surface area (Å²) in [5, 5.41) is 3.97. The number of nitrogens with one attached hydrogen (secondary N) is 1. The first-order valence-corrected chi connectivity index (χ1v) is 13.2. The van der Waals surface area contributed by atoms with Gasteiger partial charge in [-0.3, -0.25) is 9.59 Å². The van der Waals surface area contributed by atoms with Crippen molar-refractivity contribution >= 4 is 46.8 Å². The number of halogens is 2. The first kappa shape index (κ1) is 26.3. The molecule has 2 aliphatic heterocycles. The Kier molecular flexibility index (Phi) is 6.52. The number of carbonyl (C=O) groups excluding carboxylic acids is 3. The SMILES string of the molecule is Cc1ccccc1C1NC(=O)CC(c2cccc(Cl)c2)C12C(=O)N(C(=O)OC(C)(C)C)c1cc(Cl)ccc12. The van der Waals surface area contributed by atoms with Crippen molar-refractivity contribution < 1.29 is 19.1 Å². The van der Waals surface area contributed by atoms with Gasteiger partial charge in [-0.2, -0.15) is 0 Å². The first-order chi connectivity index (χ1) is 17.9. The third-order valence-corrected chi connectivity index (χ3v) is 7.70. The van der Waals surface area contributed by atoms with Gasteiger partial charge in [0.2, 0.25) is 11.8 Å². The van der Waals surface area contributed by atoms with Crippen LogP contribution in [0.2, 0.25) is 10.0 Å². The molecule has 3 amide bonds. The standard InChI is InChI=1S/C30H28Cl2N2O4/c1-17-8-5-6-11-21(17)26-30(23(16-25(35)33-26)18-9-7-10-19(31)14-18)22-13-12-20(32)15-24(22)34(27(30)36)28(37)38-29(2,3)4/h5-15,23,26H,16H2,1-4H3,(H,33,35). The monoisotopic (exact) mass is 550 g/mol. The largest absolute Gasteiger partial charge is 0.443 e. The number of amides is 3. The number of ether oxygens (including phenoxy) is 1. The van der Waals surface area contributed by atoms with Crippen molar-refractivity contribution in [1.29, 1.82) is 0 Å². The van der Waals surface area contributed by atoms with Crippen molar-refractivity contribution in [1.82, 2.24) is 5.32 Å². The lowest BCUT2D eigenvalue weighted by Crippen LogP contribution is -2.59. The molecule has 1 saturated heterocycles. The average Bonchev–Trinajstić information content (AvgIpc) is 3.07. The molecule has 0 bridgehead atoms. The van der Waals surface area contributed by atoms with E-state index in [-0.39, 0.29) is 12.3 Å². The highest BCUT2D eigenvalue weighted by Crippen LogP contribution is 2.59. The highest BCUT2D eigenvalue weighted by molar-refractivity contribution is 6.32. The highest BCUT2D eigenvalue weighted by Gasteiger charge is 2.65. The third kappa shape index (κ3) is 4.26. The zero-order chi connectivity index (χ0) is 27.4. The van der Waals surface area contributed by atoms with Gasteiger partial charge in [-0.25, -0.2) is 9.69 Å². The van der Waals surface area contributed by atoms with Gasteiger partial charge in [0.25, 0.3) is 0 Å². The predicted molar refractivity (Wildman–Crippen MR) is 148 cm³/mol. The second kappa shape index (κ2) is 9.44. The number of nitrogens with zero attached hydrogens (tertiary/aromatic N) is 1. The van der Waals surface area contributed by atoms with E-state index in [0.29, 0.717) is 21.3 Å². The number of hydrogen-bond acceptors (Lipinski definition) is 4. The van der Waals surface area contributed by atoms with Crippen LogP contribution in [-0.2, 0) is 19.7 Å². The molecule has 0 aromatic heterocycles. The molecule has 196 valence electrons. The highest BCUT2D eigenvalue weighted by atomic mass is 35.5. The van der Waals surface area contributed by atoms with Crippen LogP contribution in [0, 0.1) is 6.92 Å². The van der Waals surface area contributed by atoms with Crippen LogP contribution in [-0.4, -0.2) is 23.5 Å². The molecule has 6 nitrogen and oxygen atoms in total. The van der Waals surface area contributed by atoms with E-state index in [9.17, 15) is 14.4 Å². The summed E-state index contributed by atoms with van der Waals surface area (Å²) in [6.07, 6.45) is -0.772. The quantitative estimate of drug-likeness (QED) is 0.377. The summed E-state index contributed by atoms with van der Waals surface area (Å²) >= 11 is 12.8. The molecular weight excluding hydrogens is 523 g/mol. The molecule has 3 unspecified atom stereocenters. The molecule has 38 heavy (non-hydrogen) atoms. The Hall–Kier alpha value is -3.35. The number of fused-ring (bicyclic) bond motifs is 2. The van der Waals surface area contributed by atoms with Crippen LogP contribution in [0.15, 0.2) is 66.7 Å². The summed E-state index contributed by atoms with van der Waals surface area (Å²) in [6, 6.07) is 19.1. The van der Waals surface area contributed by atoms with E-state index in [4.69, 9.17) is 27.9 Å². The van der Waals surface area contributed by atoms with Gasteiger partial charge in [0.1, 0.15) is 11.0 Å². The first-order valence-electron chi connectivity index (χ1n) is 12.4. The maximum absolute atomic E-state index is 14.8. The van der Waals surface area contributed by atoms with E-state index >= 15 is 0 Å². The minimum absolute atomic E-state index is 0.0265. The van der Waals surface area contributed by atoms with Crippen LogP contribution in [0.4, 0.5) is 10.5 Å². The van der Waals surface area contributed by atoms with Crippen molar-refractivity contribution in [3.8, 4) is 0 Å². The number of imide groups is 1. The molecular formula is C30H28Cl2N2O4. The summed E-state index contributed by atoms with van der Waals surface area (Å²) in [5.74, 6) is -1.31. The summed E-state index contributed by atoms with van der Waals surface area (Å²) in [4.78, 5) is 42.8. The lowest BCUT2D eigenvalue weighted by atomic mass is 9.59. The fraction of sp³-hybridized carbons (Fsp3) is 0.300. The molecule has 5 rings (SSSR count). The van der Waals surface area contributed by atoms with Gasteiger partial charge in [-0.15, -0.1) is 0 Å². The molecule has 3 atom stereocenters. The smallest absolute Gasteiger partial charge is 0.421 e. The molecule has 1 fully saturated rings. The number of hydrogen-bond donors (Lipinski definition) is 1. The molecule has 1 N–H and O–H groups in total. The van der Waals surface area contributed by atoms with Crippen LogP contribution in [0.1, 0.15) is 61.4 Å². The Balaban J connectivity index is 1.84. The van der Waals surface area contributed by atoms with Crippen molar-refractivity contribution in [2.45, 2.75) is 57.1 Å². The number of carbonyl (C=O) groups is 3. The lowest BCUT2D eigenvalue weighted by Gasteiger charge is -2.47. The van der Waals surface area contributed by atoms with E-state index in [2.05, 4.69) is 5.32 Å². The van der Waals surface area contributed by atoms with Crippen LogP contribution in [0.5, 0.6) is 0 Å². The Morgan fingerprint density at radius 2 is 1.71 bits per heavy atom. The second-order valence-corrected chi connectivity index (χ2v) is 11.7. The normalized spacial score (nSPS) is 22.8. The minimum atomic E-state index is -1.37. The van der Waals surface area contributed by atoms with Crippen LogP contribution in [0.3, 0.4) is 0 Å². The fourth-order valence-electron chi connectivity index (χ4n) is 5.77. The number of anilines is 1. The third-order valence-electron chi connectivity index (χ3n) is 7.23. The van der Waals surface area contributed by atoms with E-state index in [0.717, 1.165) is 21.6 Å². The summed E-state index contributed by atoms with van der Waals surface area (Å²) < 4.78 is 5.68. The van der Waals surface area contributed by atoms with Gasteiger partial charge in [0.05, 0.1) is 11.7 Å². The Labute approximate surface area is 231 Å². The molecule has 1 spiro atoms. The van der Waals surface area contributed by atoms with Crippen LogP contribution in [0.25, 0.3) is 0 Å². The number of aryl methyl sites for hydroxylation is 1. The van der Waals surface area contributed by atoms with Gasteiger partial charge >= 0.3 is 6.09 Å². The lowest BCUT2D eigenvalue weighted by molar-refractivity contribution is -0.132. The van der Waals surface area contributed by atoms with Gasteiger partial charge in [-0.1, -0.05) is 65.7 Å². The molecule has 3 aromatic rings. The van der Waals surface area contributed by atoms with E-state index in [1.165, 1.54) is 0 Å². The number of rotatable bonds is 2. The molecule has 0 aliphatic carbocycles. The van der Waals surface area contributed by atoms with E-state index in [1.807, 2.05) is 37.3 Å². The number of piperidine rings is 1. The Morgan fingerprint density at radius 3 is 2.39 bits per heavy atom. The van der Waals surface area contributed by atoms with Crippen molar-refractivity contribution in [3.63, 3.8) is 0 Å². The summed E-state index contributed by atoms with van der Waals surface area (Å²) in [7, 11) is 0. The summed E-state index contributed by atoms with van der Waals surface area (Å²) in [5.41, 5.74) is 1.15. The van der Waals surface area contributed by atoms with Crippen LogP contribution >= 0.6 is 23.2 Å². The minimum Gasteiger partial charge on any atom is -0.443 e. The second-order valence-electron chi connectivity index (χ2n) is 10.8. The van der Waals surface area contributed by atoms with Crippen LogP contribution < -0.4 is 10.2 Å². The zero-order valence-corrected chi connectivity index (χ0v) is 23.1. The molecule has 8 heteroatoms. The Morgan fingerprint density at radius 1 is 1.00 bits per heavy atom. The van der Waals surface area contributed by atoms with Gasteiger partial charge in [0, 0.05) is 22.4 Å². The maximum Gasteiger partial charge on any atom is 0.421 e. The zero-order valence-electron chi connectivity index (χ0n) is 21.5. The maximum atomic E-state index is 14.8. The van der Waals surface area contributed by atoms with Crippen molar-refractivity contribution in [2.24, 2.45) is 0 Å². The summed E-state index contributed by atoms with van der Waals surface area (Å²) in [6.45, 7) is 7.16. The number of benzene rings is 3. The van der Waals surface area contributed by atoms with E-state index in [1.54, 1.807) is 57.2 Å². The predicted octanol–water partition coefficient (Wildman–Crippen LogP) is 6.87.